The number of rotatable bonds is 4. The van der Waals surface area contributed by atoms with E-state index in [1.165, 1.54) is 0 Å². The van der Waals surface area contributed by atoms with Gasteiger partial charge in [-0.1, -0.05) is 6.07 Å². The Kier molecular flexibility index (Phi) is 3.84. The van der Waals surface area contributed by atoms with Gasteiger partial charge in [0, 0.05) is 11.8 Å². The lowest BCUT2D eigenvalue weighted by atomic mass is 10.2. The molecule has 0 saturated heterocycles. The van der Waals surface area contributed by atoms with Crippen LogP contribution in [0, 0.1) is 11.3 Å². The van der Waals surface area contributed by atoms with Gasteiger partial charge in [-0.15, -0.1) is 0 Å². The Labute approximate surface area is 111 Å². The minimum atomic E-state index is 0.260. The van der Waals surface area contributed by atoms with Gasteiger partial charge in [-0.3, -0.25) is 0 Å². The maximum Gasteiger partial charge on any atom is 0.213 e. The van der Waals surface area contributed by atoms with Crippen LogP contribution in [0.1, 0.15) is 11.3 Å². The normalized spacial score (nSPS) is 9.68. The van der Waals surface area contributed by atoms with Crippen molar-refractivity contribution in [1.82, 2.24) is 4.98 Å². The van der Waals surface area contributed by atoms with Gasteiger partial charge in [0.2, 0.25) is 5.88 Å². The van der Waals surface area contributed by atoms with Crippen molar-refractivity contribution >= 4 is 5.69 Å². The number of aromatic nitrogens is 1. The summed E-state index contributed by atoms with van der Waals surface area (Å²) < 4.78 is 10.6. The molecule has 2 N–H and O–H groups in total. The lowest BCUT2D eigenvalue weighted by Crippen LogP contribution is -2.01. The fourth-order valence-electron chi connectivity index (χ4n) is 1.56. The van der Waals surface area contributed by atoms with Crippen LogP contribution in [0.3, 0.4) is 0 Å². The van der Waals surface area contributed by atoms with Crippen molar-refractivity contribution in [2.24, 2.45) is 0 Å². The Morgan fingerprint density at radius 3 is 2.89 bits per heavy atom. The molecular weight excluding hydrogens is 242 g/mol. The van der Waals surface area contributed by atoms with Crippen LogP contribution in [0.2, 0.25) is 0 Å². The zero-order chi connectivity index (χ0) is 13.7. The number of nitrogens with zero attached hydrogens (tertiary/aromatic N) is 2. The largest absolute Gasteiger partial charge is 0.486 e. The van der Waals surface area contributed by atoms with Crippen LogP contribution < -0.4 is 15.2 Å². The van der Waals surface area contributed by atoms with E-state index in [9.17, 15) is 0 Å². The number of nitrogens with two attached hydrogens (primary N) is 1. The van der Waals surface area contributed by atoms with Crippen LogP contribution in [0.15, 0.2) is 36.4 Å². The molecule has 0 aliphatic carbocycles. The maximum absolute atomic E-state index is 9.00. The summed E-state index contributed by atoms with van der Waals surface area (Å²) in [6.45, 7) is 0.260. The van der Waals surface area contributed by atoms with E-state index in [0.29, 0.717) is 22.9 Å². The predicted molar refractivity (Wildman–Crippen MR) is 70.7 cm³/mol. The molecule has 1 aromatic heterocycles. The summed E-state index contributed by atoms with van der Waals surface area (Å²) in [6, 6.07) is 12.4. The summed E-state index contributed by atoms with van der Waals surface area (Å²) >= 11 is 0. The number of hydrogen-bond acceptors (Lipinski definition) is 5. The van der Waals surface area contributed by atoms with Crippen molar-refractivity contribution in [3.63, 3.8) is 0 Å². The monoisotopic (exact) mass is 255 g/mol. The van der Waals surface area contributed by atoms with Gasteiger partial charge in [0.15, 0.2) is 0 Å². The third-order valence-corrected chi connectivity index (χ3v) is 2.49. The number of nitriles is 1. The summed E-state index contributed by atoms with van der Waals surface area (Å²) in [6.07, 6.45) is 0. The zero-order valence-electron chi connectivity index (χ0n) is 10.5. The molecule has 19 heavy (non-hydrogen) atoms. The van der Waals surface area contributed by atoms with Crippen molar-refractivity contribution < 1.29 is 9.47 Å². The number of anilines is 1. The average molecular weight is 255 g/mol. The lowest BCUT2D eigenvalue weighted by Gasteiger charge is -2.08. The molecule has 0 amide bonds. The van der Waals surface area contributed by atoms with E-state index in [1.54, 1.807) is 31.4 Å². The summed E-state index contributed by atoms with van der Waals surface area (Å²) in [5.41, 5.74) is 7.27. The molecule has 0 fully saturated rings. The first-order valence-electron chi connectivity index (χ1n) is 5.65. The highest BCUT2D eigenvalue weighted by molar-refractivity contribution is 5.53. The van der Waals surface area contributed by atoms with Crippen molar-refractivity contribution in [3.05, 3.63) is 47.7 Å². The highest BCUT2D eigenvalue weighted by Crippen LogP contribution is 2.21. The summed E-state index contributed by atoms with van der Waals surface area (Å²) in [7, 11) is 1.56. The summed E-state index contributed by atoms with van der Waals surface area (Å²) in [5.74, 6) is 1.01. The van der Waals surface area contributed by atoms with Gasteiger partial charge in [-0.25, -0.2) is 4.98 Å². The Bertz CT molecular complexity index is 620. The topological polar surface area (TPSA) is 81.2 Å². The lowest BCUT2D eigenvalue weighted by molar-refractivity contribution is 0.297. The molecule has 0 spiro atoms. The maximum atomic E-state index is 9.00. The van der Waals surface area contributed by atoms with Gasteiger partial charge in [-0.2, -0.15) is 5.26 Å². The van der Waals surface area contributed by atoms with Gasteiger partial charge >= 0.3 is 0 Å². The van der Waals surface area contributed by atoms with Crippen LogP contribution >= 0.6 is 0 Å². The second kappa shape index (κ2) is 5.74. The van der Waals surface area contributed by atoms with Crippen LogP contribution in [0.4, 0.5) is 5.69 Å². The van der Waals surface area contributed by atoms with Crippen molar-refractivity contribution in [1.29, 1.82) is 5.26 Å². The van der Waals surface area contributed by atoms with Gasteiger partial charge in [0.05, 0.1) is 18.4 Å². The van der Waals surface area contributed by atoms with Gasteiger partial charge < -0.3 is 15.2 Å². The molecule has 0 aliphatic heterocycles. The number of benzene rings is 1. The Morgan fingerprint density at radius 2 is 2.16 bits per heavy atom. The SMILES string of the molecule is COc1cccc(COc2ccc(N)cc2C#N)n1. The Morgan fingerprint density at radius 1 is 1.32 bits per heavy atom. The first-order chi connectivity index (χ1) is 9.22. The summed E-state index contributed by atoms with van der Waals surface area (Å²) in [4.78, 5) is 4.22. The molecule has 0 bridgehead atoms. The van der Waals surface area contributed by atoms with Gasteiger partial charge in [-0.05, 0) is 24.3 Å². The minimum Gasteiger partial charge on any atom is -0.486 e. The van der Waals surface area contributed by atoms with Gasteiger partial charge in [0.25, 0.3) is 0 Å². The number of pyridine rings is 1. The third-order valence-electron chi connectivity index (χ3n) is 2.49. The van der Waals surface area contributed by atoms with E-state index in [4.69, 9.17) is 20.5 Å². The highest BCUT2D eigenvalue weighted by atomic mass is 16.5. The smallest absolute Gasteiger partial charge is 0.213 e. The molecule has 2 rings (SSSR count). The van der Waals surface area contributed by atoms with E-state index in [0.717, 1.165) is 5.69 Å². The number of nitrogen functional groups attached to an aromatic ring is 1. The number of methoxy groups -OCH3 is 1. The molecule has 96 valence electrons. The molecule has 1 heterocycles. The van der Waals surface area contributed by atoms with Crippen LogP contribution in [-0.2, 0) is 6.61 Å². The molecule has 0 saturated carbocycles. The first-order valence-corrected chi connectivity index (χ1v) is 5.65. The highest BCUT2D eigenvalue weighted by Gasteiger charge is 2.05. The van der Waals surface area contributed by atoms with Crippen LogP contribution in [0.5, 0.6) is 11.6 Å². The standard InChI is InChI=1S/C14H13N3O2/c1-18-14-4-2-3-12(17-14)9-19-13-6-5-11(16)7-10(13)8-15/h2-7H,9,16H2,1H3. The van der Waals surface area contributed by atoms with Crippen LogP contribution in [0.25, 0.3) is 0 Å². The van der Waals surface area contributed by atoms with E-state index in [1.807, 2.05) is 18.2 Å². The summed E-state index contributed by atoms with van der Waals surface area (Å²) in [5, 5.41) is 9.00. The van der Waals surface area contributed by atoms with E-state index >= 15 is 0 Å². The number of hydrogen-bond donors (Lipinski definition) is 1. The number of ether oxygens (including phenoxy) is 2. The van der Waals surface area contributed by atoms with E-state index in [2.05, 4.69) is 4.98 Å². The Hall–Kier alpha value is -2.74. The molecule has 5 nitrogen and oxygen atoms in total. The van der Waals surface area contributed by atoms with Gasteiger partial charge in [0.1, 0.15) is 18.4 Å². The second-order valence-corrected chi connectivity index (χ2v) is 3.83. The Balaban J connectivity index is 2.12. The molecule has 1 aromatic carbocycles. The molecule has 2 aromatic rings. The van der Waals surface area contributed by atoms with Crippen LogP contribution in [-0.4, -0.2) is 12.1 Å². The zero-order valence-corrected chi connectivity index (χ0v) is 10.5. The third kappa shape index (κ3) is 3.13. The fourth-order valence-corrected chi connectivity index (χ4v) is 1.56. The molecule has 5 heteroatoms. The fraction of sp³-hybridized carbons (Fsp3) is 0.143. The van der Waals surface area contributed by atoms with Crippen molar-refractivity contribution in [2.75, 3.05) is 12.8 Å². The molecule has 0 atom stereocenters. The minimum absolute atomic E-state index is 0.260. The van der Waals surface area contributed by atoms with Crippen molar-refractivity contribution in [3.8, 4) is 17.7 Å². The van der Waals surface area contributed by atoms with E-state index < -0.39 is 0 Å². The average Bonchev–Trinajstić information content (AvgIpc) is 2.46. The quantitative estimate of drug-likeness (QED) is 0.846. The molecule has 0 unspecified atom stereocenters. The first kappa shape index (κ1) is 12.7. The van der Waals surface area contributed by atoms with Crippen molar-refractivity contribution in [2.45, 2.75) is 6.61 Å². The molecule has 0 radical (unpaired) electrons. The van der Waals surface area contributed by atoms with E-state index in [-0.39, 0.29) is 6.61 Å². The predicted octanol–water partition coefficient (Wildman–Crippen LogP) is 2.12. The molecule has 0 aliphatic rings. The second-order valence-electron chi connectivity index (χ2n) is 3.83. The molecular formula is C14H13N3O2.